The summed E-state index contributed by atoms with van der Waals surface area (Å²) in [5, 5.41) is 4.53. The molecule has 23 heavy (non-hydrogen) atoms. The van der Waals surface area contributed by atoms with E-state index < -0.39 is 5.97 Å². The van der Waals surface area contributed by atoms with E-state index in [-0.39, 0.29) is 10.7 Å². The van der Waals surface area contributed by atoms with Gasteiger partial charge in [0, 0.05) is 19.7 Å². The molecule has 0 unspecified atom stereocenters. The van der Waals surface area contributed by atoms with Crippen molar-refractivity contribution in [1.82, 2.24) is 14.6 Å². The summed E-state index contributed by atoms with van der Waals surface area (Å²) in [4.78, 5) is 18.0. The van der Waals surface area contributed by atoms with Gasteiger partial charge in [0.15, 0.2) is 5.65 Å². The Balaban J connectivity index is 2.03. The Morgan fingerprint density at radius 1 is 1.35 bits per heavy atom. The normalized spacial score (nSPS) is 10.7. The summed E-state index contributed by atoms with van der Waals surface area (Å²) in [6, 6.07) is 11.7. The predicted molar refractivity (Wildman–Crippen MR) is 87.9 cm³/mol. The van der Waals surface area contributed by atoms with Crippen molar-refractivity contribution in [3.63, 3.8) is 0 Å². The van der Waals surface area contributed by atoms with Crippen LogP contribution in [0.25, 0.3) is 5.65 Å². The lowest BCUT2D eigenvalue weighted by atomic mass is 10.2. The van der Waals surface area contributed by atoms with Crippen molar-refractivity contribution in [1.29, 1.82) is 0 Å². The number of carbonyl (C=O) groups excluding carboxylic acids is 1. The Kier molecular flexibility index (Phi) is 4.16. The number of fused-ring (bicyclic) bond motifs is 1. The summed E-state index contributed by atoms with van der Waals surface area (Å²) < 4.78 is 6.33. The van der Waals surface area contributed by atoms with Crippen molar-refractivity contribution in [2.45, 2.75) is 6.54 Å². The fourth-order valence-electron chi connectivity index (χ4n) is 2.38. The number of ether oxygens (including phenoxy) is 1. The molecule has 6 nitrogen and oxygen atoms in total. The van der Waals surface area contributed by atoms with Crippen LogP contribution in [0.4, 0.5) is 5.82 Å². The molecule has 0 saturated carbocycles. The minimum Gasteiger partial charge on any atom is -0.465 e. The van der Waals surface area contributed by atoms with Crippen LogP contribution < -0.4 is 4.90 Å². The Morgan fingerprint density at radius 3 is 2.78 bits per heavy atom. The Bertz CT molecular complexity index is 848. The van der Waals surface area contributed by atoms with Crippen molar-refractivity contribution in [2.75, 3.05) is 19.1 Å². The zero-order valence-corrected chi connectivity index (χ0v) is 13.5. The Hall–Kier alpha value is -2.60. The van der Waals surface area contributed by atoms with E-state index in [1.54, 1.807) is 10.6 Å². The number of benzene rings is 1. The maximum Gasteiger partial charge on any atom is 0.343 e. The molecular formula is C16H15ClN4O2. The van der Waals surface area contributed by atoms with Crippen LogP contribution in [-0.4, -0.2) is 34.7 Å². The van der Waals surface area contributed by atoms with Crippen molar-refractivity contribution < 1.29 is 9.53 Å². The van der Waals surface area contributed by atoms with Crippen molar-refractivity contribution in [3.05, 3.63) is 58.9 Å². The fourth-order valence-corrected chi connectivity index (χ4v) is 2.56. The van der Waals surface area contributed by atoms with Crippen LogP contribution in [0.2, 0.25) is 5.15 Å². The van der Waals surface area contributed by atoms with Crippen LogP contribution in [0.5, 0.6) is 0 Å². The lowest BCUT2D eigenvalue weighted by Gasteiger charge is -2.20. The Labute approximate surface area is 138 Å². The highest BCUT2D eigenvalue weighted by Gasteiger charge is 2.18. The molecule has 0 radical (unpaired) electrons. The molecular weight excluding hydrogens is 316 g/mol. The van der Waals surface area contributed by atoms with Gasteiger partial charge in [-0.2, -0.15) is 9.61 Å². The quantitative estimate of drug-likeness (QED) is 0.544. The van der Waals surface area contributed by atoms with Crippen LogP contribution >= 0.6 is 11.6 Å². The molecule has 3 rings (SSSR count). The molecule has 0 saturated heterocycles. The number of aromatic nitrogens is 3. The van der Waals surface area contributed by atoms with E-state index in [0.717, 1.165) is 11.4 Å². The van der Waals surface area contributed by atoms with E-state index in [1.807, 2.05) is 42.3 Å². The lowest BCUT2D eigenvalue weighted by molar-refractivity contribution is 0.0602. The molecule has 7 heteroatoms. The van der Waals surface area contributed by atoms with Gasteiger partial charge in [0.1, 0.15) is 16.5 Å². The van der Waals surface area contributed by atoms with Crippen LogP contribution in [0, 0.1) is 0 Å². The third-order valence-corrected chi connectivity index (χ3v) is 3.67. The topological polar surface area (TPSA) is 59.7 Å². The highest BCUT2D eigenvalue weighted by Crippen LogP contribution is 2.23. The van der Waals surface area contributed by atoms with Gasteiger partial charge >= 0.3 is 5.97 Å². The van der Waals surface area contributed by atoms with Gasteiger partial charge in [0.2, 0.25) is 0 Å². The second-order valence-electron chi connectivity index (χ2n) is 5.06. The largest absolute Gasteiger partial charge is 0.465 e. The van der Waals surface area contributed by atoms with Gasteiger partial charge in [0.25, 0.3) is 0 Å². The monoisotopic (exact) mass is 330 g/mol. The minimum atomic E-state index is -0.494. The van der Waals surface area contributed by atoms with Gasteiger partial charge in [-0.05, 0) is 5.56 Å². The molecule has 0 aliphatic carbocycles. The number of halogens is 1. The van der Waals surface area contributed by atoms with Gasteiger partial charge in [0.05, 0.1) is 13.3 Å². The number of hydrogen-bond donors (Lipinski definition) is 0. The summed E-state index contributed by atoms with van der Waals surface area (Å²) in [6.07, 6.45) is 1.43. The third-order valence-electron chi connectivity index (χ3n) is 3.48. The molecule has 0 spiro atoms. The van der Waals surface area contributed by atoms with E-state index >= 15 is 0 Å². The average Bonchev–Trinajstić information content (AvgIpc) is 2.97. The molecule has 0 fully saturated rings. The highest BCUT2D eigenvalue weighted by molar-refractivity contribution is 6.29. The van der Waals surface area contributed by atoms with E-state index in [0.29, 0.717) is 12.2 Å². The standard InChI is InChI=1S/C16H15ClN4O2/c1-20(10-11-6-4-3-5-7-11)14-8-13(17)19-15-12(16(22)23-2)9-18-21(14)15/h3-9H,10H2,1-2H3. The van der Waals surface area contributed by atoms with Crippen LogP contribution in [0.3, 0.4) is 0 Å². The van der Waals surface area contributed by atoms with E-state index in [9.17, 15) is 4.79 Å². The summed E-state index contributed by atoms with van der Waals surface area (Å²) in [5.41, 5.74) is 1.81. The summed E-state index contributed by atoms with van der Waals surface area (Å²) in [6.45, 7) is 0.670. The first-order valence-electron chi connectivity index (χ1n) is 6.98. The summed E-state index contributed by atoms with van der Waals surface area (Å²) >= 11 is 6.12. The van der Waals surface area contributed by atoms with Crippen molar-refractivity contribution in [2.24, 2.45) is 0 Å². The summed E-state index contributed by atoms with van der Waals surface area (Å²) in [7, 11) is 3.25. The molecule has 0 N–H and O–H groups in total. The Morgan fingerprint density at radius 2 is 2.09 bits per heavy atom. The first kappa shape index (κ1) is 15.3. The number of esters is 1. The van der Waals surface area contributed by atoms with Crippen molar-refractivity contribution >= 4 is 29.0 Å². The van der Waals surface area contributed by atoms with E-state index in [2.05, 4.69) is 10.1 Å². The van der Waals surface area contributed by atoms with E-state index in [4.69, 9.17) is 16.3 Å². The van der Waals surface area contributed by atoms with Crippen molar-refractivity contribution in [3.8, 4) is 0 Å². The van der Waals surface area contributed by atoms with Gasteiger partial charge in [-0.3, -0.25) is 0 Å². The molecule has 3 aromatic rings. The first-order valence-corrected chi connectivity index (χ1v) is 7.35. The number of rotatable bonds is 4. The zero-order chi connectivity index (χ0) is 16.4. The second kappa shape index (κ2) is 6.26. The summed E-state index contributed by atoms with van der Waals surface area (Å²) in [5.74, 6) is 0.241. The lowest BCUT2D eigenvalue weighted by Crippen LogP contribution is -2.20. The number of methoxy groups -OCH3 is 1. The zero-order valence-electron chi connectivity index (χ0n) is 12.7. The third kappa shape index (κ3) is 2.98. The maximum absolute atomic E-state index is 11.8. The molecule has 0 bridgehead atoms. The smallest absolute Gasteiger partial charge is 0.343 e. The molecule has 0 atom stereocenters. The minimum absolute atomic E-state index is 0.282. The number of nitrogens with zero attached hydrogens (tertiary/aromatic N) is 4. The average molecular weight is 331 g/mol. The van der Waals surface area contributed by atoms with Gasteiger partial charge in [-0.15, -0.1) is 0 Å². The second-order valence-corrected chi connectivity index (χ2v) is 5.45. The molecule has 2 heterocycles. The SMILES string of the molecule is COC(=O)c1cnn2c(N(C)Cc3ccccc3)cc(Cl)nc12. The van der Waals surface area contributed by atoms with Crippen LogP contribution in [0.15, 0.2) is 42.6 Å². The number of carbonyl (C=O) groups is 1. The number of anilines is 1. The molecule has 118 valence electrons. The fraction of sp³-hybridized carbons (Fsp3) is 0.188. The van der Waals surface area contributed by atoms with Crippen LogP contribution in [-0.2, 0) is 11.3 Å². The molecule has 2 aromatic heterocycles. The predicted octanol–water partition coefficient (Wildman–Crippen LogP) is 2.81. The van der Waals surface area contributed by atoms with E-state index in [1.165, 1.54) is 13.3 Å². The maximum atomic E-state index is 11.8. The van der Waals surface area contributed by atoms with Crippen LogP contribution in [0.1, 0.15) is 15.9 Å². The molecule has 0 aliphatic rings. The van der Waals surface area contributed by atoms with Gasteiger partial charge in [-0.25, -0.2) is 9.78 Å². The molecule has 1 aromatic carbocycles. The van der Waals surface area contributed by atoms with Gasteiger partial charge in [-0.1, -0.05) is 41.9 Å². The van der Waals surface area contributed by atoms with Gasteiger partial charge < -0.3 is 9.64 Å². The first-order chi connectivity index (χ1) is 11.1. The highest BCUT2D eigenvalue weighted by atomic mass is 35.5. The molecule has 0 aliphatic heterocycles. The molecule has 0 amide bonds. The number of hydrogen-bond acceptors (Lipinski definition) is 5.